The van der Waals surface area contributed by atoms with E-state index in [4.69, 9.17) is 4.74 Å². The summed E-state index contributed by atoms with van der Waals surface area (Å²) in [4.78, 5) is 37.2. The van der Waals surface area contributed by atoms with Gasteiger partial charge < -0.3 is 14.6 Å². The van der Waals surface area contributed by atoms with E-state index in [-0.39, 0.29) is 16.4 Å². The van der Waals surface area contributed by atoms with E-state index < -0.39 is 23.2 Å². The molecule has 1 aliphatic rings. The molecule has 0 bridgehead atoms. The van der Waals surface area contributed by atoms with Crippen LogP contribution in [0.4, 0.5) is 4.79 Å². The number of rotatable bonds is 5. The van der Waals surface area contributed by atoms with Crippen LogP contribution in [-0.2, 0) is 14.3 Å². The third-order valence-electron chi connectivity index (χ3n) is 3.42. The minimum Gasteiger partial charge on any atom is -0.504 e. The molecule has 1 heterocycles. The number of nitrogens with zero attached hydrogens (tertiary/aromatic N) is 1. The van der Waals surface area contributed by atoms with Crippen LogP contribution in [0.5, 0.6) is 11.5 Å². The van der Waals surface area contributed by atoms with Gasteiger partial charge in [0.05, 0.1) is 18.6 Å². The van der Waals surface area contributed by atoms with Gasteiger partial charge in [-0.15, -0.1) is 0 Å². The number of methoxy groups -OCH3 is 1. The Bertz CT molecular complexity index is 763. The zero-order chi connectivity index (χ0) is 18.7. The number of imide groups is 1. The molecule has 7 nitrogen and oxygen atoms in total. The van der Waals surface area contributed by atoms with Gasteiger partial charge in [0.1, 0.15) is 6.04 Å². The van der Waals surface area contributed by atoms with Crippen molar-refractivity contribution in [1.82, 2.24) is 4.90 Å². The summed E-state index contributed by atoms with van der Waals surface area (Å²) in [6, 6.07) is 1.99. The Morgan fingerprint density at radius 3 is 2.72 bits per heavy atom. The molecule has 2 rings (SSSR count). The molecule has 134 valence electrons. The van der Waals surface area contributed by atoms with E-state index in [0.29, 0.717) is 16.6 Å². The van der Waals surface area contributed by atoms with Crippen LogP contribution < -0.4 is 4.74 Å². The van der Waals surface area contributed by atoms with Gasteiger partial charge in [-0.05, 0) is 49.4 Å². The fourth-order valence-electron chi connectivity index (χ4n) is 2.17. The van der Waals surface area contributed by atoms with Crippen molar-refractivity contribution in [3.8, 4) is 11.5 Å². The molecule has 0 aliphatic carbocycles. The number of thioether (sulfide) groups is 1. The van der Waals surface area contributed by atoms with Crippen molar-refractivity contribution >= 4 is 50.9 Å². The number of aromatic hydroxyl groups is 1. The van der Waals surface area contributed by atoms with E-state index in [9.17, 15) is 19.5 Å². The Labute approximate surface area is 157 Å². The number of amides is 2. The van der Waals surface area contributed by atoms with Crippen molar-refractivity contribution in [3.63, 3.8) is 0 Å². The SMILES string of the molecule is CCOc1cc(/C=C2/SC(=O)N([C@H](C)C(=O)OC)C2=O)c(Br)cc1O. The predicted octanol–water partition coefficient (Wildman–Crippen LogP) is 3.15. The lowest BCUT2D eigenvalue weighted by Gasteiger charge is -2.18. The first-order chi connectivity index (χ1) is 11.8. The zero-order valence-corrected chi connectivity index (χ0v) is 16.1. The van der Waals surface area contributed by atoms with E-state index in [1.54, 1.807) is 13.0 Å². The van der Waals surface area contributed by atoms with Crippen LogP contribution in [0.15, 0.2) is 21.5 Å². The Morgan fingerprint density at radius 1 is 1.44 bits per heavy atom. The number of benzene rings is 1. The van der Waals surface area contributed by atoms with Crippen LogP contribution in [0.2, 0.25) is 0 Å². The highest BCUT2D eigenvalue weighted by molar-refractivity contribution is 9.10. The number of halogens is 1. The lowest BCUT2D eigenvalue weighted by molar-refractivity contribution is -0.148. The Kier molecular flexibility index (Phi) is 6.12. The maximum atomic E-state index is 12.5. The van der Waals surface area contributed by atoms with E-state index in [2.05, 4.69) is 20.7 Å². The van der Waals surface area contributed by atoms with Gasteiger partial charge >= 0.3 is 5.97 Å². The number of carbonyl (C=O) groups excluding carboxylic acids is 3. The highest BCUT2D eigenvalue weighted by Gasteiger charge is 2.41. The molecule has 2 amide bonds. The molecule has 1 aromatic carbocycles. The second kappa shape index (κ2) is 7.92. The van der Waals surface area contributed by atoms with E-state index >= 15 is 0 Å². The van der Waals surface area contributed by atoms with Crippen molar-refractivity contribution in [2.24, 2.45) is 0 Å². The quantitative estimate of drug-likeness (QED) is 0.567. The lowest BCUT2D eigenvalue weighted by atomic mass is 10.1. The normalized spacial score (nSPS) is 17.1. The molecule has 1 saturated heterocycles. The topological polar surface area (TPSA) is 93.1 Å². The Balaban J connectivity index is 2.36. The minimum absolute atomic E-state index is 0.0432. The first kappa shape index (κ1) is 19.3. The minimum atomic E-state index is -1.01. The number of phenolic OH excluding ortho intramolecular Hbond substituents is 1. The lowest BCUT2D eigenvalue weighted by Crippen LogP contribution is -2.42. The summed E-state index contributed by atoms with van der Waals surface area (Å²) in [6.45, 7) is 3.57. The second-order valence-corrected chi connectivity index (χ2v) is 6.87. The molecule has 0 spiro atoms. The number of hydrogen-bond acceptors (Lipinski definition) is 7. The van der Waals surface area contributed by atoms with E-state index in [0.717, 1.165) is 16.7 Å². The molecule has 1 atom stereocenters. The fourth-order valence-corrected chi connectivity index (χ4v) is 3.52. The number of esters is 1. The van der Waals surface area contributed by atoms with Gasteiger partial charge in [-0.3, -0.25) is 14.5 Å². The van der Waals surface area contributed by atoms with Crippen LogP contribution in [-0.4, -0.2) is 46.9 Å². The van der Waals surface area contributed by atoms with Crippen LogP contribution in [0.25, 0.3) is 6.08 Å². The molecule has 1 N–H and O–H groups in total. The largest absolute Gasteiger partial charge is 0.504 e. The maximum absolute atomic E-state index is 12.5. The average molecular weight is 430 g/mol. The van der Waals surface area contributed by atoms with Crippen molar-refractivity contribution in [2.75, 3.05) is 13.7 Å². The van der Waals surface area contributed by atoms with E-state index in [1.165, 1.54) is 26.2 Å². The Hall–Kier alpha value is -2.00. The van der Waals surface area contributed by atoms with Gasteiger partial charge in [-0.25, -0.2) is 4.79 Å². The van der Waals surface area contributed by atoms with Crippen molar-refractivity contribution in [2.45, 2.75) is 19.9 Å². The summed E-state index contributed by atoms with van der Waals surface area (Å²) in [7, 11) is 1.19. The van der Waals surface area contributed by atoms with Gasteiger partial charge in [-0.2, -0.15) is 0 Å². The molecule has 0 radical (unpaired) electrons. The van der Waals surface area contributed by atoms with Gasteiger partial charge in [0, 0.05) is 4.47 Å². The molecule has 25 heavy (non-hydrogen) atoms. The first-order valence-corrected chi connectivity index (χ1v) is 8.91. The molecule has 0 aromatic heterocycles. The van der Waals surface area contributed by atoms with E-state index in [1.807, 2.05) is 0 Å². The number of carbonyl (C=O) groups is 3. The standard InChI is InChI=1S/C16H16BrNO6S/c1-4-24-12-5-9(10(17)7-11(12)19)6-13-14(20)18(16(22)25-13)8(2)15(21)23-3/h5-8,19H,4H2,1-3H3/b13-6+/t8-/m1/s1. The summed E-state index contributed by atoms with van der Waals surface area (Å²) in [5.41, 5.74) is 0.553. The van der Waals surface area contributed by atoms with Gasteiger partial charge in [0.15, 0.2) is 11.5 Å². The third kappa shape index (κ3) is 3.98. The molecule has 1 fully saturated rings. The molecule has 1 aromatic rings. The summed E-state index contributed by atoms with van der Waals surface area (Å²) < 4.78 is 10.4. The molecule has 9 heteroatoms. The highest BCUT2D eigenvalue weighted by atomic mass is 79.9. The summed E-state index contributed by atoms with van der Waals surface area (Å²) in [6.07, 6.45) is 1.50. The molecule has 1 aliphatic heterocycles. The van der Waals surface area contributed by atoms with Crippen LogP contribution in [0.3, 0.4) is 0 Å². The third-order valence-corrected chi connectivity index (χ3v) is 4.99. The number of phenols is 1. The summed E-state index contributed by atoms with van der Waals surface area (Å²) in [5, 5.41) is 9.30. The molecule has 0 unspecified atom stereocenters. The molecular weight excluding hydrogens is 414 g/mol. The van der Waals surface area contributed by atoms with Gasteiger partial charge in [0.25, 0.3) is 11.1 Å². The number of hydrogen-bond donors (Lipinski definition) is 1. The zero-order valence-electron chi connectivity index (χ0n) is 13.7. The summed E-state index contributed by atoms with van der Waals surface area (Å²) >= 11 is 4.03. The van der Waals surface area contributed by atoms with Crippen molar-refractivity contribution in [1.29, 1.82) is 0 Å². The second-order valence-electron chi connectivity index (χ2n) is 5.03. The van der Waals surface area contributed by atoms with Crippen LogP contribution >= 0.6 is 27.7 Å². The van der Waals surface area contributed by atoms with Crippen molar-refractivity contribution in [3.05, 3.63) is 27.1 Å². The smallest absolute Gasteiger partial charge is 0.328 e. The van der Waals surface area contributed by atoms with Crippen LogP contribution in [0, 0.1) is 0 Å². The maximum Gasteiger partial charge on any atom is 0.328 e. The monoisotopic (exact) mass is 429 g/mol. The summed E-state index contributed by atoms with van der Waals surface area (Å²) in [5.74, 6) is -1.03. The molecular formula is C16H16BrNO6S. The number of ether oxygens (including phenoxy) is 2. The fraction of sp³-hybridized carbons (Fsp3) is 0.312. The van der Waals surface area contributed by atoms with Gasteiger partial charge in [0.2, 0.25) is 0 Å². The molecule has 0 saturated carbocycles. The van der Waals surface area contributed by atoms with Crippen LogP contribution in [0.1, 0.15) is 19.4 Å². The average Bonchev–Trinajstić information content (AvgIpc) is 2.84. The first-order valence-electron chi connectivity index (χ1n) is 7.30. The predicted molar refractivity (Wildman–Crippen MR) is 96.3 cm³/mol. The highest BCUT2D eigenvalue weighted by Crippen LogP contribution is 2.38. The van der Waals surface area contributed by atoms with Gasteiger partial charge in [-0.1, -0.05) is 15.9 Å². The van der Waals surface area contributed by atoms with Crippen molar-refractivity contribution < 1.29 is 29.0 Å². The Morgan fingerprint density at radius 2 is 2.12 bits per heavy atom.